The van der Waals surface area contributed by atoms with E-state index in [0.717, 1.165) is 31.5 Å². The number of amides is 1. The van der Waals surface area contributed by atoms with Crippen LogP contribution in [-0.4, -0.2) is 41.0 Å². The minimum Gasteiger partial charge on any atom is -0.348 e. The molecule has 5 nitrogen and oxygen atoms in total. The zero-order valence-corrected chi connectivity index (χ0v) is 13.6. The van der Waals surface area contributed by atoms with Crippen molar-refractivity contribution < 1.29 is 4.79 Å². The van der Waals surface area contributed by atoms with Crippen molar-refractivity contribution in [1.82, 2.24) is 15.2 Å². The van der Waals surface area contributed by atoms with Gasteiger partial charge in [-0.1, -0.05) is 6.92 Å². The van der Waals surface area contributed by atoms with Crippen LogP contribution in [-0.2, 0) is 0 Å². The number of carbonyl (C=O) groups is 1. The van der Waals surface area contributed by atoms with Crippen molar-refractivity contribution in [2.45, 2.75) is 51.6 Å². The summed E-state index contributed by atoms with van der Waals surface area (Å²) in [6.07, 6.45) is 4.04. The summed E-state index contributed by atoms with van der Waals surface area (Å²) in [4.78, 5) is 29.5. The Balaban J connectivity index is 1.72. The van der Waals surface area contributed by atoms with Crippen LogP contribution < -0.4 is 10.9 Å². The van der Waals surface area contributed by atoms with Gasteiger partial charge in [0.25, 0.3) is 11.5 Å². The Bertz CT molecular complexity index is 619. The summed E-state index contributed by atoms with van der Waals surface area (Å²) in [6.45, 7) is 8.32. The highest BCUT2D eigenvalue weighted by atomic mass is 16.2. The fraction of sp³-hybridized carbons (Fsp3) is 0.647. The normalized spacial score (nSPS) is 25.6. The minimum atomic E-state index is -0.298. The zero-order chi connectivity index (χ0) is 15.9. The van der Waals surface area contributed by atoms with Crippen molar-refractivity contribution in [2.75, 3.05) is 13.1 Å². The molecule has 1 aliphatic heterocycles. The average molecular weight is 303 g/mol. The third kappa shape index (κ3) is 3.09. The number of hydrogen-bond acceptors (Lipinski definition) is 3. The highest BCUT2D eigenvalue weighted by molar-refractivity contribution is 5.94. The van der Waals surface area contributed by atoms with Crippen LogP contribution in [0.2, 0.25) is 0 Å². The lowest BCUT2D eigenvalue weighted by Crippen LogP contribution is -2.42. The highest BCUT2D eigenvalue weighted by Gasteiger charge is 2.32. The molecule has 2 N–H and O–H groups in total. The van der Waals surface area contributed by atoms with Gasteiger partial charge in [0.2, 0.25) is 0 Å². The molecule has 2 aliphatic rings. The third-order valence-electron chi connectivity index (χ3n) is 4.91. The first kappa shape index (κ1) is 15.3. The van der Waals surface area contributed by atoms with Gasteiger partial charge in [0.05, 0.1) is 0 Å². The average Bonchev–Trinajstić information content (AvgIpc) is 3.24. The molecule has 1 saturated carbocycles. The lowest BCUT2D eigenvalue weighted by Gasteiger charge is -2.20. The van der Waals surface area contributed by atoms with E-state index < -0.39 is 0 Å². The number of rotatable bonds is 4. The number of pyridine rings is 1. The summed E-state index contributed by atoms with van der Waals surface area (Å²) in [6, 6.07) is 2.36. The van der Waals surface area contributed by atoms with E-state index in [0.29, 0.717) is 17.9 Å². The molecule has 0 radical (unpaired) electrons. The van der Waals surface area contributed by atoms with Crippen molar-refractivity contribution in [3.63, 3.8) is 0 Å². The zero-order valence-electron chi connectivity index (χ0n) is 13.6. The first-order valence-corrected chi connectivity index (χ1v) is 8.23. The van der Waals surface area contributed by atoms with Crippen molar-refractivity contribution in [2.24, 2.45) is 5.92 Å². The number of likely N-dealkylation sites (tertiary alicyclic amines) is 1. The first-order chi connectivity index (χ1) is 10.5. The van der Waals surface area contributed by atoms with E-state index in [2.05, 4.69) is 36.0 Å². The van der Waals surface area contributed by atoms with Crippen LogP contribution in [0.5, 0.6) is 0 Å². The fourth-order valence-corrected chi connectivity index (χ4v) is 3.18. The Morgan fingerprint density at radius 1 is 1.36 bits per heavy atom. The Hall–Kier alpha value is -1.62. The molecular weight excluding hydrogens is 278 g/mol. The van der Waals surface area contributed by atoms with Gasteiger partial charge < -0.3 is 10.3 Å². The number of nitrogens with one attached hydrogen (secondary N) is 2. The van der Waals surface area contributed by atoms with Gasteiger partial charge in [-0.05, 0) is 50.2 Å². The van der Waals surface area contributed by atoms with Gasteiger partial charge in [-0.2, -0.15) is 0 Å². The maximum atomic E-state index is 12.5. The lowest BCUT2D eigenvalue weighted by molar-refractivity contribution is 0.0929. The summed E-state index contributed by atoms with van der Waals surface area (Å²) in [7, 11) is 0. The quantitative estimate of drug-likeness (QED) is 0.890. The van der Waals surface area contributed by atoms with Gasteiger partial charge in [-0.25, -0.2) is 0 Å². The Morgan fingerprint density at radius 2 is 2.09 bits per heavy atom. The summed E-state index contributed by atoms with van der Waals surface area (Å²) >= 11 is 0. The summed E-state index contributed by atoms with van der Waals surface area (Å²) in [5.41, 5.74) is 1.03. The van der Waals surface area contributed by atoms with E-state index in [1.165, 1.54) is 0 Å². The van der Waals surface area contributed by atoms with E-state index in [1.807, 2.05) is 0 Å². The van der Waals surface area contributed by atoms with E-state index in [4.69, 9.17) is 0 Å². The second-order valence-corrected chi connectivity index (χ2v) is 7.05. The fourth-order valence-electron chi connectivity index (χ4n) is 3.18. The van der Waals surface area contributed by atoms with Crippen molar-refractivity contribution >= 4 is 5.91 Å². The molecule has 2 heterocycles. The summed E-state index contributed by atoms with van der Waals surface area (Å²) in [5, 5.41) is 3.06. The Labute approximate surface area is 131 Å². The molecule has 1 aromatic heterocycles. The van der Waals surface area contributed by atoms with Gasteiger partial charge >= 0.3 is 0 Å². The van der Waals surface area contributed by atoms with Gasteiger partial charge in [0.1, 0.15) is 5.56 Å². The predicted molar refractivity (Wildman–Crippen MR) is 86.2 cm³/mol. The van der Waals surface area contributed by atoms with E-state index in [-0.39, 0.29) is 23.1 Å². The van der Waals surface area contributed by atoms with Crippen LogP contribution >= 0.6 is 0 Å². The molecule has 2 unspecified atom stereocenters. The molecular formula is C17H25N3O2. The van der Waals surface area contributed by atoms with E-state index in [1.54, 1.807) is 12.3 Å². The van der Waals surface area contributed by atoms with Crippen LogP contribution in [0.4, 0.5) is 0 Å². The van der Waals surface area contributed by atoms with Crippen molar-refractivity contribution in [1.29, 1.82) is 0 Å². The maximum Gasteiger partial charge on any atom is 0.260 e. The molecule has 1 aromatic rings. The number of hydrogen-bond donors (Lipinski definition) is 2. The third-order valence-corrected chi connectivity index (χ3v) is 4.91. The number of nitrogens with zero attached hydrogens (tertiary/aromatic N) is 1. The maximum absolute atomic E-state index is 12.5. The predicted octanol–water partition coefficient (Wildman–Crippen LogP) is 1.71. The second-order valence-electron chi connectivity index (χ2n) is 7.05. The minimum absolute atomic E-state index is 0.110. The van der Waals surface area contributed by atoms with Gasteiger partial charge in [0, 0.05) is 31.4 Å². The monoisotopic (exact) mass is 303 g/mol. The molecule has 22 heavy (non-hydrogen) atoms. The van der Waals surface area contributed by atoms with Gasteiger partial charge in [-0.3, -0.25) is 14.5 Å². The van der Waals surface area contributed by atoms with E-state index in [9.17, 15) is 9.59 Å². The second kappa shape index (κ2) is 5.88. The largest absolute Gasteiger partial charge is 0.348 e. The smallest absolute Gasteiger partial charge is 0.260 e. The topological polar surface area (TPSA) is 65.2 Å². The molecule has 1 saturated heterocycles. The first-order valence-electron chi connectivity index (χ1n) is 8.23. The molecule has 1 amide bonds. The van der Waals surface area contributed by atoms with Crippen LogP contribution in [0.15, 0.2) is 17.1 Å². The van der Waals surface area contributed by atoms with Crippen LogP contribution in [0.3, 0.4) is 0 Å². The highest BCUT2D eigenvalue weighted by Crippen LogP contribution is 2.39. The molecule has 0 bridgehead atoms. The molecule has 0 aromatic carbocycles. The molecule has 1 aliphatic carbocycles. The van der Waals surface area contributed by atoms with Crippen LogP contribution in [0, 0.1) is 5.92 Å². The standard InChI is InChI=1S/C17H25N3O2/c1-10(2)20-8-11(3)15(9-20)19-17(22)14-6-13(12-4-5-12)7-18-16(14)21/h6-7,10-12,15H,4-5,8-9H2,1-3H3,(H,18,21)(H,19,22). The van der Waals surface area contributed by atoms with Gasteiger partial charge in [0.15, 0.2) is 0 Å². The van der Waals surface area contributed by atoms with Crippen LogP contribution in [0.25, 0.3) is 0 Å². The molecule has 2 atom stereocenters. The Morgan fingerprint density at radius 3 is 2.68 bits per heavy atom. The van der Waals surface area contributed by atoms with E-state index >= 15 is 0 Å². The van der Waals surface area contributed by atoms with Gasteiger partial charge in [-0.15, -0.1) is 0 Å². The van der Waals surface area contributed by atoms with Crippen molar-refractivity contribution in [3.05, 3.63) is 33.7 Å². The number of aromatic nitrogens is 1. The number of H-pyrrole nitrogens is 1. The molecule has 2 fully saturated rings. The molecule has 0 spiro atoms. The molecule has 120 valence electrons. The summed E-state index contributed by atoms with van der Waals surface area (Å²) in [5.74, 6) is 0.675. The number of carbonyl (C=O) groups excluding carboxylic acids is 1. The Kier molecular flexibility index (Phi) is 4.08. The SMILES string of the molecule is CC1CN(C(C)C)CC1NC(=O)c1cc(C2CC2)c[nH]c1=O. The van der Waals surface area contributed by atoms with Crippen molar-refractivity contribution in [3.8, 4) is 0 Å². The summed E-state index contributed by atoms with van der Waals surface area (Å²) < 4.78 is 0. The lowest BCUT2D eigenvalue weighted by atomic mass is 10.1. The number of aromatic amines is 1. The molecule has 5 heteroatoms. The van der Waals surface area contributed by atoms with Crippen LogP contribution in [0.1, 0.15) is 55.5 Å². The molecule has 3 rings (SSSR count).